The van der Waals surface area contributed by atoms with Crippen LogP contribution in [0.25, 0.3) is 6.08 Å². The van der Waals surface area contributed by atoms with Gasteiger partial charge < -0.3 is 10.2 Å². The third-order valence-corrected chi connectivity index (χ3v) is 7.35. The normalized spacial score (nSPS) is 21.2. The highest BCUT2D eigenvalue weighted by atomic mass is 35.5. The minimum Gasteiger partial charge on any atom is -0.369 e. The lowest BCUT2D eigenvalue weighted by Crippen LogP contribution is -2.45. The third-order valence-electron chi connectivity index (χ3n) is 6.61. The summed E-state index contributed by atoms with van der Waals surface area (Å²) >= 11 is 12.0. The van der Waals surface area contributed by atoms with Gasteiger partial charge in [-0.15, -0.1) is 0 Å². The maximum Gasteiger partial charge on any atom is 0.329 e. The van der Waals surface area contributed by atoms with Crippen LogP contribution in [0, 0.1) is 6.92 Å². The summed E-state index contributed by atoms with van der Waals surface area (Å²) < 4.78 is 0. The van der Waals surface area contributed by atoms with E-state index in [1.807, 2.05) is 6.92 Å². The van der Waals surface area contributed by atoms with Gasteiger partial charge in [0.1, 0.15) is 5.70 Å². The lowest BCUT2D eigenvalue weighted by molar-refractivity contribution is -0.123. The zero-order valence-electron chi connectivity index (χ0n) is 18.9. The van der Waals surface area contributed by atoms with Crippen LogP contribution in [0.5, 0.6) is 0 Å². The number of carbonyl (C=O) groups excluding carboxylic acids is 2. The number of anilines is 1. The van der Waals surface area contributed by atoms with Gasteiger partial charge in [0.15, 0.2) is 0 Å². The molecule has 0 aromatic heterocycles. The summed E-state index contributed by atoms with van der Waals surface area (Å²) in [6.07, 6.45) is 2.82. The van der Waals surface area contributed by atoms with Crippen molar-refractivity contribution in [2.45, 2.75) is 52.1 Å². The monoisotopic (exact) mass is 471 g/mol. The topological polar surface area (TPSA) is 52.7 Å². The number of hydrogen-bond donors (Lipinski definition) is 1. The first kappa shape index (κ1) is 22.7. The fourth-order valence-corrected chi connectivity index (χ4v) is 4.90. The van der Waals surface area contributed by atoms with Crippen molar-refractivity contribution in [3.8, 4) is 0 Å². The number of rotatable bonds is 3. The molecule has 2 aromatic rings. The van der Waals surface area contributed by atoms with Crippen molar-refractivity contribution >= 4 is 46.9 Å². The molecule has 1 atom stereocenters. The highest BCUT2D eigenvalue weighted by Crippen LogP contribution is 2.43. The Morgan fingerprint density at radius 3 is 2.56 bits per heavy atom. The molecule has 168 valence electrons. The van der Waals surface area contributed by atoms with Gasteiger partial charge in [0, 0.05) is 18.3 Å². The number of nitrogens with one attached hydrogen (secondary N) is 1. The summed E-state index contributed by atoms with van der Waals surface area (Å²) in [6, 6.07) is 8.95. The molecule has 5 nitrogen and oxygen atoms in total. The molecule has 3 amide bonds. The van der Waals surface area contributed by atoms with Crippen molar-refractivity contribution in [2.75, 3.05) is 11.9 Å². The van der Waals surface area contributed by atoms with Gasteiger partial charge in [-0.3, -0.25) is 9.69 Å². The van der Waals surface area contributed by atoms with Crippen LogP contribution in [0.4, 0.5) is 10.5 Å². The molecule has 1 saturated heterocycles. The third kappa shape index (κ3) is 4.00. The maximum absolute atomic E-state index is 13.0. The van der Waals surface area contributed by atoms with Crippen LogP contribution >= 0.6 is 23.2 Å². The lowest BCUT2D eigenvalue weighted by Gasteiger charge is -2.45. The zero-order chi connectivity index (χ0) is 23.4. The number of fused-ring (bicyclic) bond motifs is 1. The highest BCUT2D eigenvalue weighted by molar-refractivity contribution is 6.42. The van der Waals surface area contributed by atoms with Gasteiger partial charge in [-0.1, -0.05) is 36.2 Å². The van der Waals surface area contributed by atoms with Crippen molar-refractivity contribution in [1.29, 1.82) is 0 Å². The fourth-order valence-electron chi connectivity index (χ4n) is 4.58. The van der Waals surface area contributed by atoms with Gasteiger partial charge in [0.2, 0.25) is 0 Å². The Bertz CT molecular complexity index is 1160. The summed E-state index contributed by atoms with van der Waals surface area (Å²) in [5.41, 5.74) is 5.55. The quantitative estimate of drug-likeness (QED) is 0.433. The maximum atomic E-state index is 13.0. The smallest absolute Gasteiger partial charge is 0.329 e. The molecule has 2 aliphatic rings. The van der Waals surface area contributed by atoms with Gasteiger partial charge in [-0.2, -0.15) is 0 Å². The Morgan fingerprint density at radius 2 is 1.88 bits per heavy atom. The Morgan fingerprint density at radius 1 is 1.16 bits per heavy atom. The van der Waals surface area contributed by atoms with Crippen molar-refractivity contribution in [2.24, 2.45) is 0 Å². The molecule has 1 N–H and O–H groups in total. The SMILES string of the molecule is Cc1cc2c(cc1/C=C1/NC(=O)N(Cc3ccc(Cl)c(Cl)c3)C1=O)C(C)CC(C)(C)N2C. The molecule has 2 aliphatic heterocycles. The van der Waals surface area contributed by atoms with E-state index < -0.39 is 6.03 Å². The van der Waals surface area contributed by atoms with E-state index in [1.54, 1.807) is 24.3 Å². The van der Waals surface area contributed by atoms with E-state index in [0.29, 0.717) is 16.0 Å². The number of halogens is 2. The molecule has 7 heteroatoms. The van der Waals surface area contributed by atoms with E-state index in [9.17, 15) is 9.59 Å². The molecular weight excluding hydrogens is 445 g/mol. The fraction of sp³-hybridized carbons (Fsp3) is 0.360. The Balaban J connectivity index is 1.63. The molecule has 0 radical (unpaired) electrons. The summed E-state index contributed by atoms with van der Waals surface area (Å²) in [5.74, 6) is 0.0402. The first-order valence-electron chi connectivity index (χ1n) is 10.6. The minimum absolute atomic E-state index is 0.0826. The largest absolute Gasteiger partial charge is 0.369 e. The van der Waals surface area contributed by atoms with Crippen LogP contribution in [-0.4, -0.2) is 29.4 Å². The van der Waals surface area contributed by atoms with E-state index in [4.69, 9.17) is 23.2 Å². The van der Waals surface area contributed by atoms with Gasteiger partial charge in [0.05, 0.1) is 16.6 Å². The molecular formula is C25H27Cl2N3O2. The zero-order valence-corrected chi connectivity index (χ0v) is 20.4. The summed E-state index contributed by atoms with van der Waals surface area (Å²) in [5, 5.41) is 3.54. The Labute approximate surface area is 199 Å². The molecule has 2 heterocycles. The molecule has 32 heavy (non-hydrogen) atoms. The van der Waals surface area contributed by atoms with Crippen LogP contribution < -0.4 is 10.2 Å². The molecule has 1 unspecified atom stereocenters. The average molecular weight is 472 g/mol. The average Bonchev–Trinajstić information content (AvgIpc) is 2.97. The van der Waals surface area contributed by atoms with Crippen LogP contribution in [0.1, 0.15) is 55.4 Å². The molecule has 0 saturated carbocycles. The van der Waals surface area contributed by atoms with Crippen LogP contribution in [0.2, 0.25) is 10.0 Å². The highest BCUT2D eigenvalue weighted by Gasteiger charge is 2.36. The molecule has 0 bridgehead atoms. The van der Waals surface area contributed by atoms with Crippen molar-refractivity contribution in [3.63, 3.8) is 0 Å². The number of benzene rings is 2. The summed E-state index contributed by atoms with van der Waals surface area (Å²) in [6.45, 7) is 8.90. The molecule has 4 rings (SSSR count). The minimum atomic E-state index is -0.446. The molecule has 0 aliphatic carbocycles. The first-order valence-corrected chi connectivity index (χ1v) is 11.4. The van der Waals surface area contributed by atoms with E-state index in [0.717, 1.165) is 23.1 Å². The van der Waals surface area contributed by atoms with Gasteiger partial charge in [0.25, 0.3) is 5.91 Å². The van der Waals surface area contributed by atoms with Gasteiger partial charge in [-0.25, -0.2) is 4.79 Å². The van der Waals surface area contributed by atoms with Gasteiger partial charge in [-0.05, 0) is 85.7 Å². The van der Waals surface area contributed by atoms with E-state index >= 15 is 0 Å². The van der Waals surface area contributed by atoms with E-state index in [1.165, 1.54) is 16.2 Å². The number of imide groups is 1. The lowest BCUT2D eigenvalue weighted by atomic mass is 9.79. The second kappa shape index (κ2) is 8.13. The first-order chi connectivity index (χ1) is 15.0. The number of nitrogens with zero attached hydrogens (tertiary/aromatic N) is 2. The number of amides is 3. The Hall–Kier alpha value is -2.50. The van der Waals surface area contributed by atoms with Crippen LogP contribution in [-0.2, 0) is 11.3 Å². The van der Waals surface area contributed by atoms with Crippen molar-refractivity contribution in [1.82, 2.24) is 10.2 Å². The second-order valence-electron chi connectivity index (χ2n) is 9.37. The molecule has 0 spiro atoms. The predicted octanol–water partition coefficient (Wildman–Crippen LogP) is 6.12. The van der Waals surface area contributed by atoms with Gasteiger partial charge >= 0.3 is 6.03 Å². The number of hydrogen-bond acceptors (Lipinski definition) is 3. The van der Waals surface area contributed by atoms with E-state index in [2.05, 4.69) is 50.2 Å². The standard InChI is InChI=1S/C25H27Cl2N3O2/c1-14-8-22-18(15(2)12-25(3,4)29(22)5)10-17(14)11-21-23(31)30(24(32)28-21)13-16-6-7-19(26)20(27)9-16/h6-11,15H,12-13H2,1-5H3,(H,28,32)/b21-11+. The number of aryl methyl sites for hydroxylation is 1. The number of urea groups is 1. The van der Waals surface area contributed by atoms with Crippen molar-refractivity contribution in [3.05, 3.63) is 68.3 Å². The van der Waals surface area contributed by atoms with Crippen LogP contribution in [0.3, 0.4) is 0 Å². The van der Waals surface area contributed by atoms with Crippen molar-refractivity contribution < 1.29 is 9.59 Å². The van der Waals surface area contributed by atoms with E-state index in [-0.39, 0.29) is 23.7 Å². The summed E-state index contributed by atoms with van der Waals surface area (Å²) in [7, 11) is 2.13. The predicted molar refractivity (Wildman–Crippen MR) is 130 cm³/mol. The molecule has 1 fully saturated rings. The summed E-state index contributed by atoms with van der Waals surface area (Å²) in [4.78, 5) is 29.0. The molecule has 2 aromatic carbocycles. The Kier molecular flexibility index (Phi) is 5.76. The van der Waals surface area contributed by atoms with Crippen LogP contribution in [0.15, 0.2) is 36.0 Å². The second-order valence-corrected chi connectivity index (χ2v) is 10.2. The number of carbonyl (C=O) groups is 2.